The van der Waals surface area contributed by atoms with Crippen LogP contribution in [0.25, 0.3) is 11.3 Å². The highest BCUT2D eigenvalue weighted by atomic mass is 35.5. The highest BCUT2D eigenvalue weighted by Crippen LogP contribution is 2.39. The van der Waals surface area contributed by atoms with E-state index in [1.807, 2.05) is 24.3 Å². The molecule has 1 N–H and O–H groups in total. The van der Waals surface area contributed by atoms with E-state index in [9.17, 15) is 9.90 Å². The average Bonchev–Trinajstić information content (AvgIpc) is 2.79. The van der Waals surface area contributed by atoms with Gasteiger partial charge in [-0.3, -0.25) is 4.79 Å². The van der Waals surface area contributed by atoms with Crippen molar-refractivity contribution in [1.82, 2.24) is 5.16 Å². The van der Waals surface area contributed by atoms with Crippen LogP contribution >= 0.6 is 11.6 Å². The van der Waals surface area contributed by atoms with Gasteiger partial charge in [-0.05, 0) is 30.9 Å². The molecule has 0 saturated carbocycles. The van der Waals surface area contributed by atoms with Gasteiger partial charge in [-0.2, -0.15) is 0 Å². The fourth-order valence-electron chi connectivity index (χ4n) is 2.93. The van der Waals surface area contributed by atoms with Gasteiger partial charge in [-0.1, -0.05) is 35.8 Å². The number of nitrogens with zero attached hydrogens (tertiary/aromatic N) is 1. The van der Waals surface area contributed by atoms with E-state index in [2.05, 4.69) is 12.1 Å². The molecule has 1 aromatic carbocycles. The Morgan fingerprint density at radius 3 is 2.71 bits per heavy atom. The molecule has 1 heterocycles. The molecule has 0 unspecified atom stereocenters. The average molecular weight is 306 g/mol. The zero-order valence-corrected chi connectivity index (χ0v) is 12.4. The molecular formula is C16H16ClNO3. The number of benzene rings is 1. The Morgan fingerprint density at radius 2 is 2.05 bits per heavy atom. The summed E-state index contributed by atoms with van der Waals surface area (Å²) in [6.07, 6.45) is 1.90. The van der Waals surface area contributed by atoms with Crippen molar-refractivity contribution in [3.8, 4) is 11.3 Å². The Kier molecular flexibility index (Phi) is 3.72. The van der Waals surface area contributed by atoms with E-state index < -0.39 is 5.97 Å². The molecule has 0 fully saturated rings. The maximum absolute atomic E-state index is 11.3. The summed E-state index contributed by atoms with van der Waals surface area (Å²) in [6, 6.07) is 7.46. The van der Waals surface area contributed by atoms with Gasteiger partial charge in [-0.25, -0.2) is 0 Å². The fourth-order valence-corrected chi connectivity index (χ4v) is 3.06. The number of rotatable bonds is 2. The number of fused-ring (bicyclic) bond motifs is 1. The third-order valence-corrected chi connectivity index (χ3v) is 4.39. The lowest BCUT2D eigenvalue weighted by molar-refractivity contribution is -0.142. The number of halogens is 1. The lowest BCUT2D eigenvalue weighted by Crippen LogP contribution is -2.15. The number of carboxylic acid groups (broad SMARTS) is 1. The van der Waals surface area contributed by atoms with Gasteiger partial charge in [0.25, 0.3) is 0 Å². The summed E-state index contributed by atoms with van der Waals surface area (Å²) in [6.45, 7) is 2.10. The first kappa shape index (κ1) is 14.1. The molecule has 0 aliphatic heterocycles. The quantitative estimate of drug-likeness (QED) is 0.847. The van der Waals surface area contributed by atoms with Crippen LogP contribution in [0.15, 0.2) is 28.8 Å². The summed E-state index contributed by atoms with van der Waals surface area (Å²) < 4.78 is 5.46. The second-order valence-corrected chi connectivity index (χ2v) is 6.03. The first-order valence-corrected chi connectivity index (χ1v) is 7.41. The molecule has 1 aliphatic rings. The zero-order valence-electron chi connectivity index (χ0n) is 11.7. The molecule has 110 valence electrons. The molecule has 0 amide bonds. The van der Waals surface area contributed by atoms with Crippen LogP contribution in [-0.4, -0.2) is 16.2 Å². The number of carbonyl (C=O) groups is 1. The molecule has 4 nitrogen and oxygen atoms in total. The monoisotopic (exact) mass is 305 g/mol. The maximum atomic E-state index is 11.3. The topological polar surface area (TPSA) is 63.3 Å². The Balaban J connectivity index is 2.03. The standard InChI is InChI=1S/C16H16ClNO3/c1-9-2-3-11(16(19)20)8-13-14(9)15(18-21-13)10-4-6-12(17)7-5-10/h4-7,9,11H,2-3,8H2,1H3,(H,19,20)/t9-,11+/m1/s1. The van der Waals surface area contributed by atoms with Crippen molar-refractivity contribution in [2.45, 2.75) is 32.1 Å². The van der Waals surface area contributed by atoms with Crippen LogP contribution < -0.4 is 0 Å². The minimum Gasteiger partial charge on any atom is -0.481 e. The fraction of sp³-hybridized carbons (Fsp3) is 0.375. The summed E-state index contributed by atoms with van der Waals surface area (Å²) in [4.78, 5) is 11.3. The number of carboxylic acids is 1. The molecule has 1 aliphatic carbocycles. The molecule has 2 atom stereocenters. The van der Waals surface area contributed by atoms with Crippen LogP contribution in [0.2, 0.25) is 5.02 Å². The number of hydrogen-bond donors (Lipinski definition) is 1. The van der Waals surface area contributed by atoms with Gasteiger partial charge in [0.1, 0.15) is 11.5 Å². The largest absolute Gasteiger partial charge is 0.481 e. The Labute approximate surface area is 127 Å². The molecule has 0 bridgehead atoms. The SMILES string of the molecule is C[C@@H]1CC[C@H](C(=O)O)Cc2onc(-c3ccc(Cl)cc3)c21. The predicted molar refractivity (Wildman–Crippen MR) is 79.4 cm³/mol. The summed E-state index contributed by atoms with van der Waals surface area (Å²) in [5, 5.41) is 14.1. The summed E-state index contributed by atoms with van der Waals surface area (Å²) in [5.41, 5.74) is 2.80. The molecule has 3 rings (SSSR count). The van der Waals surface area contributed by atoms with E-state index in [4.69, 9.17) is 16.1 Å². The van der Waals surface area contributed by atoms with Crippen molar-refractivity contribution in [3.05, 3.63) is 40.6 Å². The zero-order chi connectivity index (χ0) is 15.0. The van der Waals surface area contributed by atoms with Gasteiger partial charge >= 0.3 is 5.97 Å². The lowest BCUT2D eigenvalue weighted by atomic mass is 9.93. The number of aliphatic carboxylic acids is 1. The van der Waals surface area contributed by atoms with Crippen LogP contribution in [0.3, 0.4) is 0 Å². The van der Waals surface area contributed by atoms with Crippen LogP contribution in [0, 0.1) is 5.92 Å². The third-order valence-electron chi connectivity index (χ3n) is 4.14. The maximum Gasteiger partial charge on any atom is 0.306 e. The second-order valence-electron chi connectivity index (χ2n) is 5.59. The molecule has 2 aromatic rings. The Hall–Kier alpha value is -1.81. The Bertz CT molecular complexity index is 663. The van der Waals surface area contributed by atoms with E-state index in [1.54, 1.807) is 0 Å². The molecule has 21 heavy (non-hydrogen) atoms. The van der Waals surface area contributed by atoms with Gasteiger partial charge in [0, 0.05) is 22.6 Å². The van der Waals surface area contributed by atoms with Gasteiger partial charge in [0.2, 0.25) is 0 Å². The van der Waals surface area contributed by atoms with Gasteiger partial charge in [-0.15, -0.1) is 0 Å². The number of aromatic nitrogens is 1. The molecular weight excluding hydrogens is 290 g/mol. The van der Waals surface area contributed by atoms with Crippen molar-refractivity contribution in [1.29, 1.82) is 0 Å². The van der Waals surface area contributed by atoms with E-state index in [0.29, 0.717) is 23.6 Å². The van der Waals surface area contributed by atoms with E-state index in [0.717, 1.165) is 23.2 Å². The predicted octanol–water partition coefficient (Wildman–Crippen LogP) is 4.14. The molecule has 0 saturated heterocycles. The molecule has 1 aromatic heterocycles. The summed E-state index contributed by atoms with van der Waals surface area (Å²) >= 11 is 5.92. The van der Waals surface area contributed by atoms with Crippen molar-refractivity contribution in [3.63, 3.8) is 0 Å². The van der Waals surface area contributed by atoms with Gasteiger partial charge in [0.15, 0.2) is 0 Å². The Morgan fingerprint density at radius 1 is 1.33 bits per heavy atom. The summed E-state index contributed by atoms with van der Waals surface area (Å²) in [7, 11) is 0. The molecule has 0 radical (unpaired) electrons. The van der Waals surface area contributed by atoms with Crippen molar-refractivity contribution < 1.29 is 14.4 Å². The third kappa shape index (κ3) is 2.68. The van der Waals surface area contributed by atoms with Gasteiger partial charge in [0.05, 0.1) is 5.92 Å². The highest BCUT2D eigenvalue weighted by Gasteiger charge is 2.31. The normalized spacial score (nSPS) is 21.6. The van der Waals surface area contributed by atoms with Crippen LogP contribution in [0.1, 0.15) is 37.0 Å². The second kappa shape index (κ2) is 5.53. The van der Waals surface area contributed by atoms with Crippen LogP contribution in [0.4, 0.5) is 0 Å². The first-order chi connectivity index (χ1) is 10.1. The van der Waals surface area contributed by atoms with Gasteiger partial charge < -0.3 is 9.63 Å². The first-order valence-electron chi connectivity index (χ1n) is 7.03. The van der Waals surface area contributed by atoms with E-state index >= 15 is 0 Å². The summed E-state index contributed by atoms with van der Waals surface area (Å²) in [5.74, 6) is -0.210. The minimum atomic E-state index is -0.764. The minimum absolute atomic E-state index is 0.237. The van der Waals surface area contributed by atoms with Crippen molar-refractivity contribution in [2.24, 2.45) is 5.92 Å². The van der Waals surface area contributed by atoms with E-state index in [-0.39, 0.29) is 11.8 Å². The molecule has 0 spiro atoms. The smallest absolute Gasteiger partial charge is 0.306 e. The van der Waals surface area contributed by atoms with Crippen LogP contribution in [-0.2, 0) is 11.2 Å². The van der Waals surface area contributed by atoms with Crippen molar-refractivity contribution in [2.75, 3.05) is 0 Å². The van der Waals surface area contributed by atoms with Crippen LogP contribution in [0.5, 0.6) is 0 Å². The molecule has 5 heteroatoms. The van der Waals surface area contributed by atoms with Crippen molar-refractivity contribution >= 4 is 17.6 Å². The highest BCUT2D eigenvalue weighted by molar-refractivity contribution is 6.30. The number of hydrogen-bond acceptors (Lipinski definition) is 3. The van der Waals surface area contributed by atoms with E-state index in [1.165, 1.54) is 0 Å². The lowest BCUT2D eigenvalue weighted by Gasteiger charge is -2.10.